The maximum atomic E-state index is 10.8. The number of carbonyl (C=O) groups is 1. The van der Waals surface area contributed by atoms with Crippen LogP contribution < -0.4 is 5.73 Å². The first-order valence-electron chi connectivity index (χ1n) is 3.45. The highest BCUT2D eigenvalue weighted by atomic mass is 16.6. The minimum Gasteiger partial charge on any atom is -0.448 e. The van der Waals surface area contributed by atoms with Gasteiger partial charge in [0, 0.05) is 13.0 Å². The van der Waals surface area contributed by atoms with E-state index in [1.807, 2.05) is 0 Å². The van der Waals surface area contributed by atoms with Crippen LogP contribution in [-0.4, -0.2) is 36.5 Å². The fourth-order valence-electron chi connectivity index (χ4n) is 0.884. The number of amidine groups is 1. The quantitative estimate of drug-likeness (QED) is 0.438. The number of hydrogen-bond acceptors (Lipinski definition) is 3. The van der Waals surface area contributed by atoms with Crippen molar-refractivity contribution in [1.29, 1.82) is 5.41 Å². The Kier molecular flexibility index (Phi) is 2.30. The maximum absolute atomic E-state index is 10.8. The first kappa shape index (κ1) is 7.84. The van der Waals surface area contributed by atoms with Crippen LogP contribution in [0.5, 0.6) is 0 Å². The van der Waals surface area contributed by atoms with Gasteiger partial charge in [-0.2, -0.15) is 0 Å². The van der Waals surface area contributed by atoms with Gasteiger partial charge in [0.2, 0.25) is 0 Å². The Hall–Kier alpha value is -1.26. The lowest BCUT2D eigenvalue weighted by Crippen LogP contribution is -2.28. The second-order valence-electron chi connectivity index (χ2n) is 2.38. The van der Waals surface area contributed by atoms with Gasteiger partial charge in [0.05, 0.1) is 12.4 Å². The van der Waals surface area contributed by atoms with Crippen molar-refractivity contribution in [3.63, 3.8) is 0 Å². The number of amides is 1. The summed E-state index contributed by atoms with van der Waals surface area (Å²) >= 11 is 0. The molecule has 1 amide bonds. The van der Waals surface area contributed by atoms with Crippen LogP contribution in [0.4, 0.5) is 4.79 Å². The highest BCUT2D eigenvalue weighted by Gasteiger charge is 2.20. The molecule has 1 heterocycles. The number of ether oxygens (including phenoxy) is 1. The van der Waals surface area contributed by atoms with E-state index in [9.17, 15) is 4.79 Å². The van der Waals surface area contributed by atoms with Gasteiger partial charge in [-0.05, 0) is 0 Å². The summed E-state index contributed by atoms with van der Waals surface area (Å²) in [6.07, 6.45) is 0.126. The number of nitrogens with two attached hydrogens (primary N) is 1. The van der Waals surface area contributed by atoms with Crippen molar-refractivity contribution in [1.82, 2.24) is 4.90 Å². The summed E-state index contributed by atoms with van der Waals surface area (Å²) in [6.45, 7) is 1.57. The standard InChI is InChI=1S/C6H11N3O2/c7-5(8)1-2-9-3-4-11-6(9)10/h1-4H2,(H3,7,8). The molecule has 0 unspecified atom stereocenters. The van der Waals surface area contributed by atoms with Gasteiger partial charge in [0.25, 0.3) is 0 Å². The number of carbonyl (C=O) groups excluding carboxylic acids is 1. The molecule has 62 valence electrons. The molecule has 1 aliphatic rings. The Balaban J connectivity index is 2.26. The fourth-order valence-corrected chi connectivity index (χ4v) is 0.884. The summed E-state index contributed by atoms with van der Waals surface area (Å²) < 4.78 is 4.67. The van der Waals surface area contributed by atoms with Crippen molar-refractivity contribution in [3.05, 3.63) is 0 Å². The smallest absolute Gasteiger partial charge is 0.409 e. The zero-order chi connectivity index (χ0) is 8.27. The lowest BCUT2D eigenvalue weighted by atomic mass is 10.4. The van der Waals surface area contributed by atoms with E-state index >= 15 is 0 Å². The van der Waals surface area contributed by atoms with Crippen LogP contribution in [-0.2, 0) is 4.74 Å². The highest BCUT2D eigenvalue weighted by molar-refractivity contribution is 5.78. The summed E-state index contributed by atoms with van der Waals surface area (Å²) in [4.78, 5) is 12.3. The van der Waals surface area contributed by atoms with Crippen LogP contribution in [0.2, 0.25) is 0 Å². The van der Waals surface area contributed by atoms with Crippen molar-refractivity contribution >= 4 is 11.9 Å². The monoisotopic (exact) mass is 157 g/mol. The van der Waals surface area contributed by atoms with Gasteiger partial charge in [0.15, 0.2) is 0 Å². The Morgan fingerprint density at radius 2 is 2.55 bits per heavy atom. The van der Waals surface area contributed by atoms with Crippen LogP contribution in [0.25, 0.3) is 0 Å². The second kappa shape index (κ2) is 3.23. The topological polar surface area (TPSA) is 79.4 Å². The van der Waals surface area contributed by atoms with Crippen LogP contribution in [0, 0.1) is 5.41 Å². The van der Waals surface area contributed by atoms with Gasteiger partial charge in [-0.15, -0.1) is 0 Å². The van der Waals surface area contributed by atoms with Crippen molar-refractivity contribution in [2.75, 3.05) is 19.7 Å². The molecule has 5 nitrogen and oxygen atoms in total. The molecule has 0 aromatic heterocycles. The van der Waals surface area contributed by atoms with Crippen LogP contribution in [0.3, 0.4) is 0 Å². The van der Waals surface area contributed by atoms with E-state index in [4.69, 9.17) is 11.1 Å². The molecule has 0 saturated carbocycles. The molecule has 3 N–H and O–H groups in total. The summed E-state index contributed by atoms with van der Waals surface area (Å²) in [5.74, 6) is 0.102. The molecule has 0 bridgehead atoms. The normalized spacial score (nSPS) is 16.7. The predicted octanol–water partition coefficient (Wildman–Crippen LogP) is -0.235. The van der Waals surface area contributed by atoms with Gasteiger partial charge < -0.3 is 15.4 Å². The van der Waals surface area contributed by atoms with E-state index in [0.717, 1.165) is 0 Å². The van der Waals surface area contributed by atoms with Crippen molar-refractivity contribution in [3.8, 4) is 0 Å². The average Bonchev–Trinajstić information content (AvgIpc) is 2.31. The van der Waals surface area contributed by atoms with Crippen molar-refractivity contribution < 1.29 is 9.53 Å². The molecule has 0 spiro atoms. The molecule has 0 aromatic carbocycles. The maximum Gasteiger partial charge on any atom is 0.409 e. The van der Waals surface area contributed by atoms with Crippen LogP contribution in [0.1, 0.15) is 6.42 Å². The molecule has 1 aliphatic heterocycles. The molecule has 1 saturated heterocycles. The van der Waals surface area contributed by atoms with Crippen molar-refractivity contribution in [2.24, 2.45) is 5.73 Å². The lowest BCUT2D eigenvalue weighted by molar-refractivity contribution is 0.159. The van der Waals surface area contributed by atoms with E-state index in [-0.39, 0.29) is 11.9 Å². The molecule has 0 radical (unpaired) electrons. The molecule has 0 aromatic rings. The minimum atomic E-state index is -0.300. The first-order chi connectivity index (χ1) is 5.20. The SMILES string of the molecule is N=C(N)CCN1CCOC1=O. The molecule has 1 fully saturated rings. The Labute approximate surface area is 64.6 Å². The number of cyclic esters (lactones) is 1. The Bertz CT molecular complexity index is 181. The number of rotatable bonds is 3. The average molecular weight is 157 g/mol. The van der Waals surface area contributed by atoms with Gasteiger partial charge in [-0.25, -0.2) is 4.79 Å². The molecular formula is C6H11N3O2. The predicted molar refractivity (Wildman–Crippen MR) is 39.5 cm³/mol. The Morgan fingerprint density at radius 1 is 1.82 bits per heavy atom. The zero-order valence-electron chi connectivity index (χ0n) is 6.17. The molecule has 5 heteroatoms. The molecular weight excluding hydrogens is 146 g/mol. The third kappa shape index (κ3) is 2.10. The highest BCUT2D eigenvalue weighted by Crippen LogP contribution is 2.02. The van der Waals surface area contributed by atoms with Gasteiger partial charge in [-0.3, -0.25) is 5.41 Å². The lowest BCUT2D eigenvalue weighted by Gasteiger charge is -2.10. The largest absolute Gasteiger partial charge is 0.448 e. The van der Waals surface area contributed by atoms with E-state index in [2.05, 4.69) is 4.74 Å². The molecule has 11 heavy (non-hydrogen) atoms. The minimum absolute atomic E-state index is 0.102. The van der Waals surface area contributed by atoms with E-state index < -0.39 is 0 Å². The zero-order valence-corrected chi connectivity index (χ0v) is 6.17. The molecule has 0 atom stereocenters. The van der Waals surface area contributed by atoms with Crippen LogP contribution in [0.15, 0.2) is 0 Å². The first-order valence-corrected chi connectivity index (χ1v) is 3.45. The second-order valence-corrected chi connectivity index (χ2v) is 2.38. The molecule has 0 aliphatic carbocycles. The van der Waals surface area contributed by atoms with E-state index in [1.54, 1.807) is 4.90 Å². The fraction of sp³-hybridized carbons (Fsp3) is 0.667. The van der Waals surface area contributed by atoms with Crippen molar-refractivity contribution in [2.45, 2.75) is 6.42 Å². The van der Waals surface area contributed by atoms with E-state index in [1.165, 1.54) is 0 Å². The third-order valence-corrected chi connectivity index (χ3v) is 1.50. The number of nitrogens with one attached hydrogen (secondary N) is 1. The summed E-state index contributed by atoms with van der Waals surface area (Å²) in [5.41, 5.74) is 5.12. The third-order valence-electron chi connectivity index (χ3n) is 1.50. The van der Waals surface area contributed by atoms with Crippen LogP contribution >= 0.6 is 0 Å². The number of hydrogen-bond donors (Lipinski definition) is 2. The summed E-state index contributed by atoms with van der Waals surface area (Å²) in [5, 5.41) is 6.92. The van der Waals surface area contributed by atoms with Gasteiger partial charge in [0.1, 0.15) is 6.61 Å². The van der Waals surface area contributed by atoms with Gasteiger partial charge >= 0.3 is 6.09 Å². The van der Waals surface area contributed by atoms with Gasteiger partial charge in [-0.1, -0.05) is 0 Å². The number of nitrogens with zero attached hydrogens (tertiary/aromatic N) is 1. The van der Waals surface area contributed by atoms with E-state index in [0.29, 0.717) is 26.1 Å². The Morgan fingerprint density at radius 3 is 3.00 bits per heavy atom. The summed E-state index contributed by atoms with van der Waals surface area (Å²) in [6, 6.07) is 0. The summed E-state index contributed by atoms with van der Waals surface area (Å²) in [7, 11) is 0. The molecule has 1 rings (SSSR count).